The van der Waals surface area contributed by atoms with Crippen LogP contribution >= 0.6 is 11.6 Å². The number of nitrogens with one attached hydrogen (secondary N) is 2. The Labute approximate surface area is 112 Å². The fourth-order valence-electron chi connectivity index (χ4n) is 1.77. The van der Waals surface area contributed by atoms with Crippen LogP contribution in [-0.2, 0) is 0 Å². The molecule has 5 nitrogen and oxygen atoms in total. The third kappa shape index (κ3) is 4.16. The van der Waals surface area contributed by atoms with Gasteiger partial charge in [0.25, 0.3) is 5.91 Å². The number of rotatable bonds is 5. The monoisotopic (exact) mass is 270 g/mol. The van der Waals surface area contributed by atoms with E-state index in [0.717, 1.165) is 12.8 Å². The third-order valence-corrected chi connectivity index (χ3v) is 2.72. The van der Waals surface area contributed by atoms with Gasteiger partial charge in [0, 0.05) is 11.1 Å². The lowest BCUT2D eigenvalue weighted by Crippen LogP contribution is -2.43. The Kier molecular flexibility index (Phi) is 4.93. The van der Waals surface area contributed by atoms with Crippen LogP contribution in [-0.4, -0.2) is 16.4 Å². The molecule has 1 aromatic heterocycles. The number of hydrogen-bond acceptors (Lipinski definition) is 4. The maximum atomic E-state index is 12.1. The second-order valence-electron chi connectivity index (χ2n) is 4.80. The topological polar surface area (TPSA) is 80.0 Å². The van der Waals surface area contributed by atoms with E-state index in [9.17, 15) is 4.79 Å². The summed E-state index contributed by atoms with van der Waals surface area (Å²) in [6.07, 6.45) is 1.90. The van der Waals surface area contributed by atoms with Crippen molar-refractivity contribution in [1.29, 1.82) is 0 Å². The first-order valence-electron chi connectivity index (χ1n) is 5.84. The number of halogens is 1. The lowest BCUT2D eigenvalue weighted by Gasteiger charge is -2.25. The standard InChI is InChI=1S/C12H19ClN4O/c1-4-5-12(2,3)16-11(18)8-6-9(13)15-10(7-8)17-14/h6-7H,4-5,14H2,1-3H3,(H,15,17)(H,16,18). The minimum atomic E-state index is -0.252. The highest BCUT2D eigenvalue weighted by atomic mass is 35.5. The summed E-state index contributed by atoms with van der Waals surface area (Å²) in [6.45, 7) is 6.05. The Morgan fingerprint density at radius 2 is 2.17 bits per heavy atom. The van der Waals surface area contributed by atoms with Crippen molar-refractivity contribution in [2.45, 2.75) is 39.2 Å². The maximum absolute atomic E-state index is 12.1. The highest BCUT2D eigenvalue weighted by molar-refractivity contribution is 6.29. The fourth-order valence-corrected chi connectivity index (χ4v) is 1.98. The van der Waals surface area contributed by atoms with Crippen LogP contribution < -0.4 is 16.6 Å². The molecule has 6 heteroatoms. The number of amides is 1. The quantitative estimate of drug-likeness (QED) is 0.436. The smallest absolute Gasteiger partial charge is 0.251 e. The number of nitrogens with zero attached hydrogens (tertiary/aromatic N) is 1. The van der Waals surface area contributed by atoms with Crippen molar-refractivity contribution in [3.05, 3.63) is 22.8 Å². The number of nitrogens with two attached hydrogens (primary N) is 1. The summed E-state index contributed by atoms with van der Waals surface area (Å²) in [5.74, 6) is 5.44. The van der Waals surface area contributed by atoms with Crippen LogP contribution in [0.4, 0.5) is 5.82 Å². The zero-order valence-electron chi connectivity index (χ0n) is 10.9. The van der Waals surface area contributed by atoms with Gasteiger partial charge >= 0.3 is 0 Å². The molecular weight excluding hydrogens is 252 g/mol. The minimum absolute atomic E-state index is 0.186. The van der Waals surface area contributed by atoms with E-state index in [1.165, 1.54) is 6.07 Å². The Bertz CT molecular complexity index is 434. The van der Waals surface area contributed by atoms with E-state index in [2.05, 4.69) is 22.7 Å². The highest BCUT2D eigenvalue weighted by Gasteiger charge is 2.20. The molecule has 0 spiro atoms. The number of anilines is 1. The van der Waals surface area contributed by atoms with Gasteiger partial charge in [-0.1, -0.05) is 24.9 Å². The summed E-state index contributed by atoms with van der Waals surface area (Å²) >= 11 is 5.82. The molecule has 0 fully saturated rings. The number of hydrogen-bond donors (Lipinski definition) is 3. The summed E-state index contributed by atoms with van der Waals surface area (Å²) in [5.41, 5.74) is 2.56. The zero-order chi connectivity index (χ0) is 13.8. The van der Waals surface area contributed by atoms with Gasteiger partial charge in [0.15, 0.2) is 0 Å². The average molecular weight is 271 g/mol. The highest BCUT2D eigenvalue weighted by Crippen LogP contribution is 2.16. The van der Waals surface area contributed by atoms with Gasteiger partial charge in [-0.15, -0.1) is 0 Å². The number of carbonyl (C=O) groups excluding carboxylic acids is 1. The second-order valence-corrected chi connectivity index (χ2v) is 5.18. The first kappa shape index (κ1) is 14.7. The van der Waals surface area contributed by atoms with E-state index in [-0.39, 0.29) is 16.6 Å². The predicted octanol–water partition coefficient (Wildman–Crippen LogP) is 2.33. The Morgan fingerprint density at radius 1 is 1.50 bits per heavy atom. The Morgan fingerprint density at radius 3 is 2.72 bits per heavy atom. The Balaban J connectivity index is 2.87. The Hall–Kier alpha value is -1.33. The van der Waals surface area contributed by atoms with E-state index in [1.807, 2.05) is 13.8 Å². The van der Waals surface area contributed by atoms with Crippen molar-refractivity contribution >= 4 is 23.3 Å². The molecule has 0 unspecified atom stereocenters. The number of nitrogen functional groups attached to an aromatic ring is 1. The van der Waals surface area contributed by atoms with Crippen LogP contribution in [0.1, 0.15) is 44.0 Å². The van der Waals surface area contributed by atoms with Crippen LogP contribution in [0.3, 0.4) is 0 Å². The lowest BCUT2D eigenvalue weighted by atomic mass is 9.98. The molecule has 1 heterocycles. The van der Waals surface area contributed by atoms with Crippen LogP contribution in [0.15, 0.2) is 12.1 Å². The molecule has 0 saturated carbocycles. The summed E-state index contributed by atoms with van der Waals surface area (Å²) in [4.78, 5) is 16.0. The van der Waals surface area contributed by atoms with E-state index in [1.54, 1.807) is 6.07 Å². The van der Waals surface area contributed by atoms with Gasteiger partial charge in [0.1, 0.15) is 11.0 Å². The van der Waals surface area contributed by atoms with Crippen LogP contribution in [0.5, 0.6) is 0 Å². The number of hydrazine groups is 1. The van der Waals surface area contributed by atoms with Crippen molar-refractivity contribution in [2.75, 3.05) is 5.43 Å². The SMILES string of the molecule is CCCC(C)(C)NC(=O)c1cc(Cl)nc(NN)c1. The van der Waals surface area contributed by atoms with E-state index >= 15 is 0 Å². The van der Waals surface area contributed by atoms with Crippen LogP contribution in [0.2, 0.25) is 5.15 Å². The third-order valence-electron chi connectivity index (χ3n) is 2.53. The van der Waals surface area contributed by atoms with Gasteiger partial charge in [-0.25, -0.2) is 10.8 Å². The number of aromatic nitrogens is 1. The minimum Gasteiger partial charge on any atom is -0.347 e. The summed E-state index contributed by atoms with van der Waals surface area (Å²) in [6, 6.07) is 3.07. The summed E-state index contributed by atoms with van der Waals surface area (Å²) in [7, 11) is 0. The van der Waals surface area contributed by atoms with Crippen molar-refractivity contribution < 1.29 is 4.79 Å². The van der Waals surface area contributed by atoms with E-state index in [0.29, 0.717) is 11.4 Å². The number of pyridine rings is 1. The van der Waals surface area contributed by atoms with Crippen LogP contribution in [0, 0.1) is 0 Å². The molecule has 100 valence electrons. The first-order chi connectivity index (χ1) is 8.38. The van der Waals surface area contributed by atoms with Gasteiger partial charge in [-0.05, 0) is 32.4 Å². The van der Waals surface area contributed by atoms with Crippen molar-refractivity contribution in [3.8, 4) is 0 Å². The molecule has 0 bridgehead atoms. The molecule has 0 aliphatic carbocycles. The first-order valence-corrected chi connectivity index (χ1v) is 6.22. The molecule has 0 aliphatic heterocycles. The summed E-state index contributed by atoms with van der Waals surface area (Å²) in [5, 5.41) is 3.18. The lowest BCUT2D eigenvalue weighted by molar-refractivity contribution is 0.0909. The molecule has 1 aromatic rings. The molecule has 18 heavy (non-hydrogen) atoms. The van der Waals surface area contributed by atoms with Crippen molar-refractivity contribution in [1.82, 2.24) is 10.3 Å². The van der Waals surface area contributed by atoms with Gasteiger partial charge in [0.05, 0.1) is 0 Å². The molecule has 0 saturated heterocycles. The van der Waals surface area contributed by atoms with E-state index in [4.69, 9.17) is 17.4 Å². The molecule has 4 N–H and O–H groups in total. The van der Waals surface area contributed by atoms with E-state index < -0.39 is 0 Å². The molecule has 0 aromatic carbocycles. The molecule has 1 rings (SSSR count). The molecule has 1 amide bonds. The van der Waals surface area contributed by atoms with Crippen LogP contribution in [0.25, 0.3) is 0 Å². The zero-order valence-corrected chi connectivity index (χ0v) is 11.6. The maximum Gasteiger partial charge on any atom is 0.251 e. The largest absolute Gasteiger partial charge is 0.347 e. The average Bonchev–Trinajstić information content (AvgIpc) is 2.27. The van der Waals surface area contributed by atoms with Gasteiger partial charge in [-0.3, -0.25) is 4.79 Å². The van der Waals surface area contributed by atoms with Crippen molar-refractivity contribution in [3.63, 3.8) is 0 Å². The molecule has 0 atom stereocenters. The summed E-state index contributed by atoms with van der Waals surface area (Å²) < 4.78 is 0. The predicted molar refractivity (Wildman–Crippen MR) is 73.5 cm³/mol. The van der Waals surface area contributed by atoms with Crippen molar-refractivity contribution in [2.24, 2.45) is 5.84 Å². The number of carbonyl (C=O) groups is 1. The molecule has 0 radical (unpaired) electrons. The molecular formula is C12H19ClN4O. The van der Waals surface area contributed by atoms with Gasteiger partial charge in [-0.2, -0.15) is 0 Å². The van der Waals surface area contributed by atoms with Gasteiger partial charge in [0.2, 0.25) is 0 Å². The second kappa shape index (κ2) is 6.02. The fraction of sp³-hybridized carbons (Fsp3) is 0.500. The normalized spacial score (nSPS) is 11.2. The molecule has 0 aliphatic rings. The van der Waals surface area contributed by atoms with Gasteiger partial charge < -0.3 is 10.7 Å².